The van der Waals surface area contributed by atoms with Gasteiger partial charge in [-0.05, 0) is 19.4 Å². The van der Waals surface area contributed by atoms with E-state index in [0.717, 1.165) is 11.9 Å². The van der Waals surface area contributed by atoms with Crippen LogP contribution in [0.1, 0.15) is 13.8 Å². The zero-order chi connectivity index (χ0) is 8.48. The van der Waals surface area contributed by atoms with E-state index < -0.39 is 5.60 Å². The topological polar surface area (TPSA) is 37.3 Å². The molecule has 0 aromatic carbocycles. The van der Waals surface area contributed by atoms with Crippen LogP contribution in [-0.4, -0.2) is 17.0 Å². The molecule has 0 spiro atoms. The Morgan fingerprint density at radius 3 is 2.82 bits per heavy atom. The van der Waals surface area contributed by atoms with E-state index >= 15 is 0 Å². The Kier molecular flexibility index (Phi) is 1.96. The van der Waals surface area contributed by atoms with Gasteiger partial charge in [-0.15, -0.1) is 0 Å². The highest BCUT2D eigenvalue weighted by atomic mass is 16.3. The summed E-state index contributed by atoms with van der Waals surface area (Å²) >= 11 is 0. The van der Waals surface area contributed by atoms with Gasteiger partial charge >= 0.3 is 0 Å². The maximum Gasteiger partial charge on any atom is 0.130 e. The zero-order valence-corrected chi connectivity index (χ0v) is 6.74. The highest BCUT2D eigenvalue weighted by molar-refractivity contribution is 5.61. The molecule has 0 saturated heterocycles. The van der Waals surface area contributed by atoms with Crippen molar-refractivity contribution in [3.05, 3.63) is 23.8 Å². The fourth-order valence-corrected chi connectivity index (χ4v) is 1.03. The van der Waals surface area contributed by atoms with Crippen molar-refractivity contribution in [3.63, 3.8) is 0 Å². The second-order valence-electron chi connectivity index (χ2n) is 3.07. The largest absolute Gasteiger partial charge is 0.382 e. The van der Waals surface area contributed by atoms with Crippen LogP contribution >= 0.6 is 0 Å². The van der Waals surface area contributed by atoms with Gasteiger partial charge < -0.3 is 9.90 Å². The third-order valence-corrected chi connectivity index (χ3v) is 2.04. The lowest BCUT2D eigenvalue weighted by molar-refractivity contribution is -0.109. The van der Waals surface area contributed by atoms with E-state index in [9.17, 15) is 9.90 Å². The molecule has 1 rings (SSSR count). The lowest BCUT2D eigenvalue weighted by Crippen LogP contribution is -2.26. The summed E-state index contributed by atoms with van der Waals surface area (Å²) in [6.45, 7) is 3.52. The summed E-state index contributed by atoms with van der Waals surface area (Å²) in [5.41, 5.74) is -0.0309. The van der Waals surface area contributed by atoms with Crippen LogP contribution in [0.15, 0.2) is 23.8 Å². The summed E-state index contributed by atoms with van der Waals surface area (Å²) in [6.07, 6.45) is 5.99. The Morgan fingerprint density at radius 1 is 1.73 bits per heavy atom. The third-order valence-electron chi connectivity index (χ3n) is 2.04. The molecule has 2 unspecified atom stereocenters. The maximum absolute atomic E-state index is 10.3. The molecule has 11 heavy (non-hydrogen) atoms. The van der Waals surface area contributed by atoms with Gasteiger partial charge in [0.1, 0.15) is 11.9 Å². The molecule has 1 N–H and O–H groups in total. The van der Waals surface area contributed by atoms with Gasteiger partial charge in [0.05, 0.1) is 5.92 Å². The lowest BCUT2D eigenvalue weighted by atomic mass is 9.88. The summed E-state index contributed by atoms with van der Waals surface area (Å²) in [4.78, 5) is 10.3. The molecule has 0 amide bonds. The monoisotopic (exact) mass is 152 g/mol. The number of aldehydes is 1. The molecule has 1 aliphatic rings. The van der Waals surface area contributed by atoms with Gasteiger partial charge in [0.15, 0.2) is 0 Å². The first-order chi connectivity index (χ1) is 5.06. The fourth-order valence-electron chi connectivity index (χ4n) is 1.03. The molecule has 2 nitrogen and oxygen atoms in total. The Bertz CT molecular complexity index is 224. The van der Waals surface area contributed by atoms with Crippen molar-refractivity contribution in [2.75, 3.05) is 0 Å². The quantitative estimate of drug-likeness (QED) is 0.450. The van der Waals surface area contributed by atoms with Crippen molar-refractivity contribution in [1.82, 2.24) is 0 Å². The molecule has 0 bridgehead atoms. The number of rotatable bonds is 1. The van der Waals surface area contributed by atoms with Gasteiger partial charge in [0.2, 0.25) is 0 Å². The van der Waals surface area contributed by atoms with E-state index in [4.69, 9.17) is 0 Å². The minimum absolute atomic E-state index is 0.157. The summed E-state index contributed by atoms with van der Waals surface area (Å²) < 4.78 is 0. The fraction of sp³-hybridized carbons (Fsp3) is 0.444. The lowest BCUT2D eigenvalue weighted by Gasteiger charge is -2.24. The summed E-state index contributed by atoms with van der Waals surface area (Å²) in [5.74, 6) is -0.157. The van der Waals surface area contributed by atoms with Crippen molar-refractivity contribution in [2.45, 2.75) is 19.4 Å². The molecule has 0 fully saturated rings. The maximum atomic E-state index is 10.3. The number of carbonyl (C=O) groups is 1. The molecule has 0 saturated carbocycles. The van der Waals surface area contributed by atoms with Crippen LogP contribution in [0.4, 0.5) is 0 Å². The summed E-state index contributed by atoms with van der Waals surface area (Å²) in [7, 11) is 0. The van der Waals surface area contributed by atoms with E-state index in [1.54, 1.807) is 25.2 Å². The Hall–Kier alpha value is -0.890. The van der Waals surface area contributed by atoms with Crippen molar-refractivity contribution >= 4 is 6.29 Å². The molecule has 2 atom stereocenters. The Balaban J connectivity index is 2.88. The normalized spacial score (nSPS) is 36.6. The number of aliphatic hydroxyl groups is 1. The minimum atomic E-state index is -0.862. The third kappa shape index (κ3) is 1.57. The first-order valence-electron chi connectivity index (χ1n) is 3.62. The Morgan fingerprint density at radius 2 is 2.36 bits per heavy atom. The SMILES string of the molecule is CC1=CC(C=O)C=CC1(C)O. The molecule has 0 aliphatic heterocycles. The van der Waals surface area contributed by atoms with E-state index in [1.807, 2.05) is 6.92 Å². The number of hydrogen-bond donors (Lipinski definition) is 1. The van der Waals surface area contributed by atoms with E-state index in [-0.39, 0.29) is 5.92 Å². The van der Waals surface area contributed by atoms with Gasteiger partial charge in [-0.3, -0.25) is 0 Å². The second-order valence-corrected chi connectivity index (χ2v) is 3.07. The molecule has 60 valence electrons. The van der Waals surface area contributed by atoms with E-state index in [2.05, 4.69) is 0 Å². The molecule has 2 heteroatoms. The first kappa shape index (κ1) is 8.21. The van der Waals surface area contributed by atoms with Gasteiger partial charge in [0, 0.05) is 0 Å². The highest BCUT2D eigenvalue weighted by Crippen LogP contribution is 2.24. The average Bonchev–Trinajstić information content (AvgIpc) is 1.95. The minimum Gasteiger partial charge on any atom is -0.382 e. The molecular formula is C9H12O2. The van der Waals surface area contributed by atoms with Crippen LogP contribution < -0.4 is 0 Å². The van der Waals surface area contributed by atoms with Crippen molar-refractivity contribution in [1.29, 1.82) is 0 Å². The Labute approximate surface area is 66.2 Å². The van der Waals surface area contributed by atoms with Crippen molar-refractivity contribution in [3.8, 4) is 0 Å². The molecule has 0 heterocycles. The second kappa shape index (κ2) is 2.62. The van der Waals surface area contributed by atoms with Crippen LogP contribution in [0.2, 0.25) is 0 Å². The molecular weight excluding hydrogens is 140 g/mol. The van der Waals surface area contributed by atoms with Crippen molar-refractivity contribution < 1.29 is 9.90 Å². The van der Waals surface area contributed by atoms with Gasteiger partial charge in [-0.1, -0.05) is 18.2 Å². The molecule has 1 aliphatic carbocycles. The van der Waals surface area contributed by atoms with Gasteiger partial charge in [-0.2, -0.15) is 0 Å². The van der Waals surface area contributed by atoms with E-state index in [0.29, 0.717) is 0 Å². The van der Waals surface area contributed by atoms with Crippen LogP contribution in [0, 0.1) is 5.92 Å². The predicted molar refractivity (Wildman–Crippen MR) is 43.1 cm³/mol. The van der Waals surface area contributed by atoms with Crippen LogP contribution in [0.25, 0.3) is 0 Å². The van der Waals surface area contributed by atoms with Crippen molar-refractivity contribution in [2.24, 2.45) is 5.92 Å². The smallest absolute Gasteiger partial charge is 0.130 e. The number of carbonyl (C=O) groups excluding carboxylic acids is 1. The van der Waals surface area contributed by atoms with Crippen LogP contribution in [-0.2, 0) is 4.79 Å². The standard InChI is InChI=1S/C9H12O2/c1-7-5-8(6-10)3-4-9(7,2)11/h3-6,8,11H,1-2H3. The van der Waals surface area contributed by atoms with Gasteiger partial charge in [-0.25, -0.2) is 0 Å². The molecule has 0 aromatic rings. The molecule has 0 aromatic heterocycles. The zero-order valence-electron chi connectivity index (χ0n) is 6.74. The molecule has 0 radical (unpaired) electrons. The number of hydrogen-bond acceptors (Lipinski definition) is 2. The average molecular weight is 152 g/mol. The first-order valence-corrected chi connectivity index (χ1v) is 3.62. The summed E-state index contributed by atoms with van der Waals surface area (Å²) in [5, 5.41) is 9.59. The summed E-state index contributed by atoms with van der Waals surface area (Å²) in [6, 6.07) is 0. The predicted octanol–water partition coefficient (Wildman–Crippen LogP) is 1.07. The number of allylic oxidation sites excluding steroid dienone is 2. The van der Waals surface area contributed by atoms with Crippen LogP contribution in [0.5, 0.6) is 0 Å². The highest BCUT2D eigenvalue weighted by Gasteiger charge is 2.23. The van der Waals surface area contributed by atoms with Crippen LogP contribution in [0.3, 0.4) is 0 Å². The van der Waals surface area contributed by atoms with Gasteiger partial charge in [0.25, 0.3) is 0 Å². The van der Waals surface area contributed by atoms with E-state index in [1.165, 1.54) is 0 Å².